The van der Waals surface area contributed by atoms with Crippen molar-refractivity contribution in [3.63, 3.8) is 0 Å². The molecule has 1 aromatic carbocycles. The van der Waals surface area contributed by atoms with E-state index in [0.717, 1.165) is 5.92 Å². The van der Waals surface area contributed by atoms with Crippen molar-refractivity contribution in [2.75, 3.05) is 24.6 Å². The predicted octanol–water partition coefficient (Wildman–Crippen LogP) is 2.09. The van der Waals surface area contributed by atoms with E-state index in [9.17, 15) is 4.79 Å². The highest BCUT2D eigenvalue weighted by Crippen LogP contribution is 2.79. The Morgan fingerprint density at radius 2 is 2.12 bits per heavy atom. The van der Waals surface area contributed by atoms with Crippen LogP contribution in [0.15, 0.2) is 35.9 Å². The minimum atomic E-state index is 0.113. The van der Waals surface area contributed by atoms with Crippen molar-refractivity contribution < 1.29 is 9.53 Å². The van der Waals surface area contributed by atoms with Gasteiger partial charge in [0.05, 0.1) is 25.2 Å². The molecule has 2 spiro atoms. The molecule has 2 saturated carbocycles. The van der Waals surface area contributed by atoms with E-state index in [1.807, 2.05) is 0 Å². The minimum Gasteiger partial charge on any atom is -0.373 e. The Labute approximate surface area is 152 Å². The lowest BCUT2D eigenvalue weighted by atomic mass is 9.53. The Hall–Kier alpha value is -1.65. The number of para-hydroxylation sites is 1. The number of rotatable bonds is 0. The van der Waals surface area contributed by atoms with Crippen LogP contribution in [0.25, 0.3) is 0 Å². The van der Waals surface area contributed by atoms with E-state index >= 15 is 0 Å². The third-order valence-corrected chi connectivity index (χ3v) is 9.31. The molecule has 7 atom stereocenters. The van der Waals surface area contributed by atoms with Crippen LogP contribution in [0.4, 0.5) is 5.69 Å². The summed E-state index contributed by atoms with van der Waals surface area (Å²) in [7, 11) is 0. The molecule has 0 radical (unpaired) electrons. The number of fused-ring (bicyclic) bond motifs is 3. The van der Waals surface area contributed by atoms with E-state index in [1.54, 1.807) is 5.57 Å². The van der Waals surface area contributed by atoms with E-state index in [2.05, 4.69) is 40.1 Å². The number of hydrogen-bond acceptors (Lipinski definition) is 3. The number of carbonyl (C=O) groups excluding carboxylic acids is 1. The molecule has 2 bridgehead atoms. The van der Waals surface area contributed by atoms with Gasteiger partial charge in [0.1, 0.15) is 0 Å². The lowest BCUT2D eigenvalue weighted by Gasteiger charge is -2.58. The Kier molecular flexibility index (Phi) is 1.98. The van der Waals surface area contributed by atoms with Crippen molar-refractivity contribution in [2.24, 2.45) is 17.3 Å². The van der Waals surface area contributed by atoms with E-state index in [4.69, 9.17) is 4.74 Å². The minimum absolute atomic E-state index is 0.113. The number of anilines is 1. The van der Waals surface area contributed by atoms with Crippen LogP contribution in [-0.2, 0) is 14.9 Å². The molecule has 0 aromatic heterocycles. The molecule has 132 valence electrons. The molecule has 8 rings (SSSR count). The molecule has 26 heavy (non-hydrogen) atoms. The van der Waals surface area contributed by atoms with E-state index in [1.165, 1.54) is 37.2 Å². The van der Waals surface area contributed by atoms with Crippen molar-refractivity contribution in [1.29, 1.82) is 0 Å². The lowest BCUT2D eigenvalue weighted by molar-refractivity contribution is -0.136. The van der Waals surface area contributed by atoms with Gasteiger partial charge in [-0.2, -0.15) is 0 Å². The number of ether oxygens (including phenoxy) is 1. The molecule has 0 N–H and O–H groups in total. The van der Waals surface area contributed by atoms with Crippen LogP contribution in [0.2, 0.25) is 0 Å². The summed E-state index contributed by atoms with van der Waals surface area (Å²) in [5, 5.41) is 0. The van der Waals surface area contributed by atoms with Crippen molar-refractivity contribution in [3.05, 3.63) is 41.5 Å². The smallest absolute Gasteiger partial charge is 0.229 e. The number of amides is 1. The molecule has 7 aliphatic rings. The summed E-state index contributed by atoms with van der Waals surface area (Å²) in [4.78, 5) is 18.3. The van der Waals surface area contributed by atoms with Crippen molar-refractivity contribution in [2.45, 2.75) is 42.9 Å². The second-order valence-corrected chi connectivity index (χ2v) is 9.59. The molecule has 1 amide bonds. The van der Waals surface area contributed by atoms with Gasteiger partial charge in [-0.3, -0.25) is 9.69 Å². The number of piperidine rings is 2. The fraction of sp³-hybridized carbons (Fsp3) is 0.591. The Morgan fingerprint density at radius 3 is 3.08 bits per heavy atom. The quantitative estimate of drug-likeness (QED) is 0.675. The van der Waals surface area contributed by atoms with Crippen LogP contribution < -0.4 is 4.90 Å². The topological polar surface area (TPSA) is 32.8 Å². The number of benzene rings is 1. The van der Waals surface area contributed by atoms with Crippen LogP contribution in [0.5, 0.6) is 0 Å². The van der Waals surface area contributed by atoms with Gasteiger partial charge in [0.15, 0.2) is 0 Å². The summed E-state index contributed by atoms with van der Waals surface area (Å²) in [6.45, 7) is 3.14. The first-order valence-corrected chi connectivity index (χ1v) is 10.2. The molecule has 4 nitrogen and oxygen atoms in total. The number of hydrogen-bond donors (Lipinski definition) is 0. The largest absolute Gasteiger partial charge is 0.373 e. The van der Waals surface area contributed by atoms with Crippen molar-refractivity contribution in [1.82, 2.24) is 4.90 Å². The van der Waals surface area contributed by atoms with Gasteiger partial charge in [-0.1, -0.05) is 29.8 Å². The predicted molar refractivity (Wildman–Crippen MR) is 95.8 cm³/mol. The van der Waals surface area contributed by atoms with E-state index in [0.29, 0.717) is 36.4 Å². The second kappa shape index (κ2) is 3.81. The van der Waals surface area contributed by atoms with E-state index in [-0.39, 0.29) is 17.4 Å². The molecule has 5 aliphatic heterocycles. The maximum atomic E-state index is 13.3. The molecule has 4 heteroatoms. The van der Waals surface area contributed by atoms with Gasteiger partial charge in [-0.15, -0.1) is 0 Å². The van der Waals surface area contributed by atoms with Gasteiger partial charge < -0.3 is 9.64 Å². The van der Waals surface area contributed by atoms with Crippen LogP contribution in [-0.4, -0.2) is 48.7 Å². The molecule has 1 aromatic rings. The van der Waals surface area contributed by atoms with Gasteiger partial charge in [0.2, 0.25) is 5.91 Å². The second-order valence-electron chi connectivity index (χ2n) is 9.59. The highest BCUT2D eigenvalue weighted by atomic mass is 16.5. The molecule has 5 heterocycles. The summed E-state index contributed by atoms with van der Waals surface area (Å²) >= 11 is 0. The zero-order chi connectivity index (χ0) is 16.8. The van der Waals surface area contributed by atoms with Gasteiger partial charge in [-0.25, -0.2) is 0 Å². The molecular weight excluding hydrogens is 324 g/mol. The summed E-state index contributed by atoms with van der Waals surface area (Å²) in [6, 6.07) is 9.72. The fourth-order valence-electron chi connectivity index (χ4n) is 8.65. The first kappa shape index (κ1) is 13.5. The molecule has 2 aliphatic carbocycles. The van der Waals surface area contributed by atoms with E-state index < -0.39 is 0 Å². The van der Waals surface area contributed by atoms with Crippen molar-refractivity contribution >= 4 is 11.6 Å². The fourth-order valence-corrected chi connectivity index (χ4v) is 8.65. The molecular formula is C22H22N2O2. The Bertz CT molecular complexity index is 940. The number of nitrogens with zero attached hydrogens (tertiary/aromatic N) is 2. The summed E-state index contributed by atoms with van der Waals surface area (Å²) in [5.41, 5.74) is 4.81. The van der Waals surface area contributed by atoms with Crippen molar-refractivity contribution in [3.8, 4) is 0 Å². The Morgan fingerprint density at radius 1 is 1.19 bits per heavy atom. The third-order valence-electron chi connectivity index (χ3n) is 9.31. The highest BCUT2D eigenvalue weighted by molar-refractivity contribution is 5.99. The monoisotopic (exact) mass is 346 g/mol. The van der Waals surface area contributed by atoms with Gasteiger partial charge in [0.25, 0.3) is 0 Å². The zero-order valence-corrected chi connectivity index (χ0v) is 14.7. The van der Waals surface area contributed by atoms with Gasteiger partial charge >= 0.3 is 0 Å². The average Bonchev–Trinajstić information content (AvgIpc) is 2.98. The van der Waals surface area contributed by atoms with Crippen LogP contribution in [0.3, 0.4) is 0 Å². The van der Waals surface area contributed by atoms with Gasteiger partial charge in [-0.05, 0) is 31.0 Å². The first-order chi connectivity index (χ1) is 12.8. The van der Waals surface area contributed by atoms with Crippen LogP contribution in [0.1, 0.15) is 24.8 Å². The average molecular weight is 346 g/mol. The molecule has 3 saturated heterocycles. The van der Waals surface area contributed by atoms with Crippen LogP contribution in [0, 0.1) is 17.3 Å². The normalized spacial score (nSPS) is 51.5. The SMILES string of the molecule is O=C1C[C@@H]2OCC=C3C4CN5CC[C@]67c8ccccc8N1[C@H]6[C@H]2[C@@]34C[C@H]57. The summed E-state index contributed by atoms with van der Waals surface area (Å²) in [6.07, 6.45) is 5.56. The molecule has 1 unspecified atom stereocenters. The maximum Gasteiger partial charge on any atom is 0.229 e. The molecule has 5 fully saturated rings. The summed E-state index contributed by atoms with van der Waals surface area (Å²) in [5.74, 6) is 1.50. The highest BCUT2D eigenvalue weighted by Gasteiger charge is 2.81. The Balaban J connectivity index is 1.48. The zero-order valence-electron chi connectivity index (χ0n) is 14.7. The first-order valence-electron chi connectivity index (χ1n) is 10.2. The standard InChI is InChI=1S/C22H22N2O2/c25-18-9-16-19-20-21(13-3-1-2-4-15(13)24(18)20)6-7-23-11-14-12(5-8-26-16)22(14,19)10-17(21)23/h1-5,14,16-17,19-20H,6-11H2/t14?,16-,17-,19-,20-,21+,22-/m0/s1. The maximum absolute atomic E-state index is 13.3. The third kappa shape index (κ3) is 1.10. The lowest BCUT2D eigenvalue weighted by Crippen LogP contribution is -2.69. The summed E-state index contributed by atoms with van der Waals surface area (Å²) < 4.78 is 6.31. The number of carbonyl (C=O) groups is 1. The van der Waals surface area contributed by atoms with Crippen LogP contribution >= 0.6 is 0 Å². The van der Waals surface area contributed by atoms with Gasteiger partial charge in [0, 0.05) is 40.9 Å².